The fraction of sp³-hybridized carbons (Fsp3) is 0.143. The summed E-state index contributed by atoms with van der Waals surface area (Å²) in [6.07, 6.45) is 0.325. The van der Waals surface area contributed by atoms with Crippen molar-refractivity contribution in [2.75, 3.05) is 0 Å². The molecule has 0 spiro atoms. The largest absolute Gasteiger partial charge is 0.271 e. The van der Waals surface area contributed by atoms with Crippen LogP contribution in [-0.2, 0) is 6.42 Å². The van der Waals surface area contributed by atoms with Crippen molar-refractivity contribution in [1.29, 1.82) is 0 Å². The van der Waals surface area contributed by atoms with Crippen molar-refractivity contribution in [1.82, 2.24) is 5.43 Å². The van der Waals surface area contributed by atoms with E-state index in [4.69, 9.17) is 5.84 Å². The smallest absolute Gasteiger partial charge is 0.129 e. The van der Waals surface area contributed by atoms with E-state index in [9.17, 15) is 8.78 Å². The van der Waals surface area contributed by atoms with Gasteiger partial charge in [0.05, 0.1) is 6.04 Å². The molecule has 20 heavy (non-hydrogen) atoms. The fourth-order valence-corrected chi connectivity index (χ4v) is 3.29. The molecule has 0 aliphatic heterocycles. The normalized spacial score (nSPS) is 12.4. The van der Waals surface area contributed by atoms with Gasteiger partial charge in [-0.3, -0.25) is 11.3 Å². The lowest BCUT2D eigenvalue weighted by molar-refractivity contribution is 0.521. The Morgan fingerprint density at radius 1 is 1.05 bits per heavy atom. The summed E-state index contributed by atoms with van der Waals surface area (Å²) in [6.45, 7) is 0. The second kappa shape index (κ2) is 6.76. The zero-order chi connectivity index (χ0) is 14.7. The lowest BCUT2D eigenvalue weighted by atomic mass is 9.99. The first-order valence-electron chi connectivity index (χ1n) is 5.85. The Labute approximate surface area is 132 Å². The van der Waals surface area contributed by atoms with Crippen LogP contribution in [0.25, 0.3) is 0 Å². The van der Waals surface area contributed by atoms with E-state index in [0.29, 0.717) is 12.0 Å². The Morgan fingerprint density at radius 2 is 1.70 bits per heavy atom. The van der Waals surface area contributed by atoms with E-state index < -0.39 is 11.6 Å². The van der Waals surface area contributed by atoms with E-state index in [2.05, 4.69) is 37.3 Å². The summed E-state index contributed by atoms with van der Waals surface area (Å²) in [4.78, 5) is 0. The molecule has 3 N–H and O–H groups in total. The Morgan fingerprint density at radius 3 is 2.25 bits per heavy atom. The van der Waals surface area contributed by atoms with Crippen LogP contribution in [0.3, 0.4) is 0 Å². The lowest BCUT2D eigenvalue weighted by Crippen LogP contribution is -2.29. The SMILES string of the molecule is NNC(Cc1ccc(F)cc1F)c1cc(Br)cc(Br)c1. The Hall–Kier alpha value is -0.820. The summed E-state index contributed by atoms with van der Waals surface area (Å²) in [5, 5.41) is 0. The molecular formula is C14H12Br2F2N2. The summed E-state index contributed by atoms with van der Waals surface area (Å²) >= 11 is 6.80. The van der Waals surface area contributed by atoms with E-state index in [0.717, 1.165) is 20.6 Å². The molecule has 0 saturated carbocycles. The summed E-state index contributed by atoms with van der Waals surface area (Å²) in [5.41, 5.74) is 3.97. The number of hydrazine groups is 1. The van der Waals surface area contributed by atoms with E-state index in [1.54, 1.807) is 0 Å². The number of benzene rings is 2. The molecule has 0 saturated heterocycles. The van der Waals surface area contributed by atoms with Crippen molar-refractivity contribution < 1.29 is 8.78 Å². The minimum Gasteiger partial charge on any atom is -0.271 e. The predicted molar refractivity (Wildman–Crippen MR) is 82.0 cm³/mol. The molecule has 0 amide bonds. The van der Waals surface area contributed by atoms with E-state index in [1.165, 1.54) is 12.1 Å². The third-order valence-corrected chi connectivity index (χ3v) is 3.84. The highest BCUT2D eigenvalue weighted by atomic mass is 79.9. The standard InChI is InChI=1S/C14H12Br2F2N2/c15-10-3-9(4-11(16)6-10)14(20-19)5-8-1-2-12(17)7-13(8)18/h1-4,6-7,14,20H,5,19H2. The molecule has 0 aliphatic rings. The second-order valence-electron chi connectivity index (χ2n) is 4.36. The van der Waals surface area contributed by atoms with Gasteiger partial charge in [-0.1, -0.05) is 37.9 Å². The van der Waals surface area contributed by atoms with Crippen molar-refractivity contribution in [3.63, 3.8) is 0 Å². The van der Waals surface area contributed by atoms with Gasteiger partial charge in [-0.2, -0.15) is 0 Å². The predicted octanol–water partition coefficient (Wildman–Crippen LogP) is 4.24. The number of rotatable bonds is 4. The third-order valence-electron chi connectivity index (χ3n) is 2.93. The number of halogens is 4. The zero-order valence-electron chi connectivity index (χ0n) is 10.3. The van der Waals surface area contributed by atoms with Crippen LogP contribution in [-0.4, -0.2) is 0 Å². The van der Waals surface area contributed by atoms with Crippen molar-refractivity contribution in [2.45, 2.75) is 12.5 Å². The quantitative estimate of drug-likeness (QED) is 0.589. The minimum atomic E-state index is -0.589. The Bertz CT molecular complexity index is 600. The first-order chi connectivity index (χ1) is 9.49. The van der Waals surface area contributed by atoms with Gasteiger partial charge in [0, 0.05) is 15.0 Å². The lowest BCUT2D eigenvalue weighted by Gasteiger charge is -2.17. The van der Waals surface area contributed by atoms with Crippen LogP contribution in [0.2, 0.25) is 0 Å². The molecule has 2 aromatic rings. The van der Waals surface area contributed by atoms with Crippen LogP contribution < -0.4 is 11.3 Å². The van der Waals surface area contributed by atoms with Crippen molar-refractivity contribution in [3.8, 4) is 0 Å². The first kappa shape index (κ1) is 15.6. The molecular weight excluding hydrogens is 394 g/mol. The maximum atomic E-state index is 13.7. The van der Waals surface area contributed by atoms with Crippen molar-refractivity contribution in [3.05, 3.63) is 68.1 Å². The number of nitrogens with one attached hydrogen (secondary N) is 1. The maximum absolute atomic E-state index is 13.7. The molecule has 0 radical (unpaired) electrons. The van der Waals surface area contributed by atoms with Crippen LogP contribution in [0, 0.1) is 11.6 Å². The number of hydrogen-bond acceptors (Lipinski definition) is 2. The zero-order valence-corrected chi connectivity index (χ0v) is 13.5. The summed E-state index contributed by atoms with van der Waals surface area (Å²) in [6, 6.07) is 8.97. The Kier molecular flexibility index (Phi) is 5.26. The fourth-order valence-electron chi connectivity index (χ4n) is 1.96. The molecule has 106 valence electrons. The molecule has 0 aromatic heterocycles. The van der Waals surface area contributed by atoms with Gasteiger partial charge in [-0.15, -0.1) is 0 Å². The van der Waals surface area contributed by atoms with Crippen LogP contribution in [0.1, 0.15) is 17.2 Å². The molecule has 1 unspecified atom stereocenters. The molecule has 6 heteroatoms. The monoisotopic (exact) mass is 404 g/mol. The molecule has 0 fully saturated rings. The summed E-state index contributed by atoms with van der Waals surface area (Å²) < 4.78 is 28.4. The topological polar surface area (TPSA) is 38.0 Å². The van der Waals surface area contributed by atoms with Gasteiger partial charge in [0.25, 0.3) is 0 Å². The van der Waals surface area contributed by atoms with E-state index in [1.807, 2.05) is 18.2 Å². The van der Waals surface area contributed by atoms with Gasteiger partial charge in [0.1, 0.15) is 11.6 Å². The minimum absolute atomic E-state index is 0.274. The first-order valence-corrected chi connectivity index (χ1v) is 7.44. The van der Waals surface area contributed by atoms with Crippen LogP contribution in [0.15, 0.2) is 45.3 Å². The molecule has 2 rings (SSSR count). The van der Waals surface area contributed by atoms with Gasteiger partial charge < -0.3 is 0 Å². The van der Waals surface area contributed by atoms with E-state index in [-0.39, 0.29) is 6.04 Å². The highest BCUT2D eigenvalue weighted by Gasteiger charge is 2.14. The number of nitrogens with two attached hydrogens (primary N) is 1. The molecule has 0 aliphatic carbocycles. The average Bonchev–Trinajstić information content (AvgIpc) is 2.36. The molecule has 2 aromatic carbocycles. The van der Waals surface area contributed by atoms with Crippen molar-refractivity contribution >= 4 is 31.9 Å². The summed E-state index contributed by atoms with van der Waals surface area (Å²) in [5.74, 6) is 4.40. The Balaban J connectivity index is 2.28. The van der Waals surface area contributed by atoms with Crippen LogP contribution in [0.5, 0.6) is 0 Å². The van der Waals surface area contributed by atoms with Gasteiger partial charge in [0.15, 0.2) is 0 Å². The number of hydrogen-bond donors (Lipinski definition) is 2. The average molecular weight is 406 g/mol. The van der Waals surface area contributed by atoms with Gasteiger partial charge in [0.2, 0.25) is 0 Å². The van der Waals surface area contributed by atoms with Crippen LogP contribution in [0.4, 0.5) is 8.78 Å². The molecule has 0 heterocycles. The second-order valence-corrected chi connectivity index (χ2v) is 6.19. The summed E-state index contributed by atoms with van der Waals surface area (Å²) in [7, 11) is 0. The highest BCUT2D eigenvalue weighted by molar-refractivity contribution is 9.11. The maximum Gasteiger partial charge on any atom is 0.129 e. The highest BCUT2D eigenvalue weighted by Crippen LogP contribution is 2.26. The third kappa shape index (κ3) is 3.85. The molecule has 1 atom stereocenters. The molecule has 0 bridgehead atoms. The van der Waals surface area contributed by atoms with Crippen LogP contribution >= 0.6 is 31.9 Å². The van der Waals surface area contributed by atoms with Gasteiger partial charge in [-0.05, 0) is 41.8 Å². The van der Waals surface area contributed by atoms with Gasteiger partial charge >= 0.3 is 0 Å². The molecule has 2 nitrogen and oxygen atoms in total. The van der Waals surface area contributed by atoms with Crippen molar-refractivity contribution in [2.24, 2.45) is 5.84 Å². The van der Waals surface area contributed by atoms with E-state index >= 15 is 0 Å². The van der Waals surface area contributed by atoms with Gasteiger partial charge in [-0.25, -0.2) is 8.78 Å².